The normalized spacial score (nSPS) is 18.6. The second kappa shape index (κ2) is 5.16. The first-order valence-corrected chi connectivity index (χ1v) is 7.31. The molecule has 1 aliphatic carbocycles. The van der Waals surface area contributed by atoms with Gasteiger partial charge in [-0.2, -0.15) is 0 Å². The van der Waals surface area contributed by atoms with Crippen LogP contribution in [0.5, 0.6) is 0 Å². The summed E-state index contributed by atoms with van der Waals surface area (Å²) >= 11 is 1.80. The minimum atomic E-state index is 0.562. The van der Waals surface area contributed by atoms with Gasteiger partial charge in [0, 0.05) is 17.0 Å². The van der Waals surface area contributed by atoms with Gasteiger partial charge >= 0.3 is 0 Å². The number of rotatable bonds is 3. The van der Waals surface area contributed by atoms with Crippen LogP contribution in [0.15, 0.2) is 24.4 Å². The van der Waals surface area contributed by atoms with Gasteiger partial charge in [0.25, 0.3) is 0 Å². The smallest absolute Gasteiger partial charge is 0.142 e. The van der Waals surface area contributed by atoms with Crippen LogP contribution in [0.25, 0.3) is 10.7 Å². The molecule has 0 amide bonds. The summed E-state index contributed by atoms with van der Waals surface area (Å²) in [4.78, 5) is 10.7. The van der Waals surface area contributed by atoms with Crippen LogP contribution in [0.2, 0.25) is 0 Å². The van der Waals surface area contributed by atoms with Gasteiger partial charge in [-0.1, -0.05) is 6.07 Å². The van der Waals surface area contributed by atoms with E-state index in [1.165, 1.54) is 29.8 Å². The Labute approximate surface area is 111 Å². The molecule has 0 spiro atoms. The third kappa shape index (κ3) is 2.18. The van der Waals surface area contributed by atoms with E-state index in [0.29, 0.717) is 5.92 Å². The van der Waals surface area contributed by atoms with Crippen LogP contribution < -0.4 is 5.73 Å². The summed E-state index contributed by atoms with van der Waals surface area (Å²) in [5.74, 6) is 0.562. The lowest BCUT2D eigenvalue weighted by molar-refractivity contribution is 0.520. The van der Waals surface area contributed by atoms with E-state index >= 15 is 0 Å². The van der Waals surface area contributed by atoms with Crippen molar-refractivity contribution in [2.75, 3.05) is 6.54 Å². The van der Waals surface area contributed by atoms with Gasteiger partial charge in [-0.15, -0.1) is 11.3 Å². The summed E-state index contributed by atoms with van der Waals surface area (Å²) in [7, 11) is 0. The number of fused-ring (bicyclic) bond motifs is 1. The van der Waals surface area contributed by atoms with Crippen molar-refractivity contribution in [3.8, 4) is 10.7 Å². The number of pyridine rings is 1. The topological polar surface area (TPSA) is 51.8 Å². The van der Waals surface area contributed by atoms with E-state index in [4.69, 9.17) is 10.7 Å². The van der Waals surface area contributed by atoms with E-state index in [9.17, 15) is 0 Å². The fourth-order valence-corrected chi connectivity index (χ4v) is 3.75. The Morgan fingerprint density at radius 3 is 3.11 bits per heavy atom. The lowest BCUT2D eigenvalue weighted by Crippen LogP contribution is -2.13. The fraction of sp³-hybridized carbons (Fsp3) is 0.429. The van der Waals surface area contributed by atoms with E-state index in [-0.39, 0.29) is 0 Å². The highest BCUT2D eigenvalue weighted by Crippen LogP contribution is 2.38. The Morgan fingerprint density at radius 2 is 2.33 bits per heavy atom. The van der Waals surface area contributed by atoms with Crippen molar-refractivity contribution in [1.82, 2.24) is 9.97 Å². The zero-order valence-electron chi connectivity index (χ0n) is 10.3. The Balaban J connectivity index is 1.96. The predicted molar refractivity (Wildman–Crippen MR) is 74.7 cm³/mol. The first kappa shape index (κ1) is 11.8. The van der Waals surface area contributed by atoms with Crippen LogP contribution in [-0.2, 0) is 6.42 Å². The van der Waals surface area contributed by atoms with Crippen LogP contribution in [0.4, 0.5) is 0 Å². The molecule has 2 N–H and O–H groups in total. The Kier molecular flexibility index (Phi) is 3.39. The average molecular weight is 259 g/mol. The maximum absolute atomic E-state index is 5.70. The third-order valence-corrected chi connectivity index (χ3v) is 4.62. The highest BCUT2D eigenvalue weighted by molar-refractivity contribution is 7.15. The van der Waals surface area contributed by atoms with Crippen molar-refractivity contribution >= 4 is 11.3 Å². The molecule has 1 aliphatic rings. The van der Waals surface area contributed by atoms with Gasteiger partial charge in [0.05, 0.1) is 11.4 Å². The molecule has 0 aromatic carbocycles. The van der Waals surface area contributed by atoms with Crippen LogP contribution in [0.3, 0.4) is 0 Å². The van der Waals surface area contributed by atoms with E-state index in [0.717, 1.165) is 23.7 Å². The summed E-state index contributed by atoms with van der Waals surface area (Å²) in [5, 5.41) is 1.06. The van der Waals surface area contributed by atoms with Gasteiger partial charge in [0.2, 0.25) is 0 Å². The molecule has 0 saturated carbocycles. The SMILES string of the molecule is NCCC1CCCc2sc(-c3ccccn3)nc21. The quantitative estimate of drug-likeness (QED) is 0.922. The highest BCUT2D eigenvalue weighted by Gasteiger charge is 2.24. The molecule has 0 saturated heterocycles. The van der Waals surface area contributed by atoms with E-state index in [2.05, 4.69) is 4.98 Å². The number of aromatic nitrogens is 2. The highest BCUT2D eigenvalue weighted by atomic mass is 32.1. The molecule has 1 atom stereocenters. The molecule has 2 aromatic heterocycles. The Morgan fingerprint density at radius 1 is 1.39 bits per heavy atom. The van der Waals surface area contributed by atoms with Crippen molar-refractivity contribution in [1.29, 1.82) is 0 Å². The lowest BCUT2D eigenvalue weighted by Gasteiger charge is -2.19. The van der Waals surface area contributed by atoms with Crippen LogP contribution in [0.1, 0.15) is 35.8 Å². The molecule has 18 heavy (non-hydrogen) atoms. The van der Waals surface area contributed by atoms with E-state index < -0.39 is 0 Å². The number of hydrogen-bond donors (Lipinski definition) is 1. The predicted octanol–water partition coefficient (Wildman–Crippen LogP) is 2.97. The number of thiazole rings is 1. The summed E-state index contributed by atoms with van der Waals surface area (Å²) in [5.41, 5.74) is 7.98. The van der Waals surface area contributed by atoms with Gasteiger partial charge in [0.15, 0.2) is 0 Å². The average Bonchev–Trinajstić information content (AvgIpc) is 2.85. The summed E-state index contributed by atoms with van der Waals surface area (Å²) < 4.78 is 0. The second-order valence-corrected chi connectivity index (χ2v) is 5.79. The minimum absolute atomic E-state index is 0.562. The molecule has 2 aromatic rings. The molecule has 3 rings (SSSR count). The van der Waals surface area contributed by atoms with Gasteiger partial charge in [-0.25, -0.2) is 4.98 Å². The Bertz CT molecular complexity index is 521. The fourth-order valence-electron chi connectivity index (χ4n) is 2.59. The number of hydrogen-bond acceptors (Lipinski definition) is 4. The largest absolute Gasteiger partial charge is 0.330 e. The monoisotopic (exact) mass is 259 g/mol. The molecular weight excluding hydrogens is 242 g/mol. The number of nitrogens with zero attached hydrogens (tertiary/aromatic N) is 2. The molecule has 0 radical (unpaired) electrons. The molecule has 0 aliphatic heterocycles. The van der Waals surface area contributed by atoms with Gasteiger partial charge in [-0.05, 0) is 44.4 Å². The maximum atomic E-state index is 5.70. The standard InChI is InChI=1S/C14H17N3S/c15-8-7-10-4-3-6-12-13(10)17-14(18-12)11-5-1-2-9-16-11/h1-2,5,9-10H,3-4,6-8,15H2. The van der Waals surface area contributed by atoms with Crippen LogP contribution in [0, 0.1) is 0 Å². The Hall–Kier alpha value is -1.26. The second-order valence-electron chi connectivity index (χ2n) is 4.71. The first-order chi connectivity index (χ1) is 8.88. The maximum Gasteiger partial charge on any atom is 0.142 e. The number of nitrogens with two attached hydrogens (primary N) is 1. The van der Waals surface area contributed by atoms with E-state index in [1.54, 1.807) is 11.3 Å². The van der Waals surface area contributed by atoms with Crippen molar-refractivity contribution in [3.05, 3.63) is 35.0 Å². The summed E-state index contributed by atoms with van der Waals surface area (Å²) in [6.45, 7) is 0.751. The number of aryl methyl sites for hydroxylation is 1. The molecular formula is C14H17N3S. The van der Waals surface area contributed by atoms with Crippen molar-refractivity contribution in [2.24, 2.45) is 5.73 Å². The van der Waals surface area contributed by atoms with Gasteiger partial charge < -0.3 is 5.73 Å². The van der Waals surface area contributed by atoms with Crippen molar-refractivity contribution in [2.45, 2.75) is 31.6 Å². The van der Waals surface area contributed by atoms with Crippen molar-refractivity contribution < 1.29 is 0 Å². The van der Waals surface area contributed by atoms with Gasteiger partial charge in [0.1, 0.15) is 5.01 Å². The third-order valence-electron chi connectivity index (χ3n) is 3.47. The van der Waals surface area contributed by atoms with Crippen LogP contribution in [-0.4, -0.2) is 16.5 Å². The molecule has 2 heterocycles. The van der Waals surface area contributed by atoms with Crippen molar-refractivity contribution in [3.63, 3.8) is 0 Å². The van der Waals surface area contributed by atoms with Crippen LogP contribution >= 0.6 is 11.3 Å². The minimum Gasteiger partial charge on any atom is -0.330 e. The summed E-state index contributed by atoms with van der Waals surface area (Å²) in [6.07, 6.45) is 6.55. The zero-order valence-corrected chi connectivity index (χ0v) is 11.1. The molecule has 3 nitrogen and oxygen atoms in total. The molecule has 0 bridgehead atoms. The van der Waals surface area contributed by atoms with Gasteiger partial charge in [-0.3, -0.25) is 4.98 Å². The first-order valence-electron chi connectivity index (χ1n) is 6.49. The summed E-state index contributed by atoms with van der Waals surface area (Å²) in [6, 6.07) is 5.98. The molecule has 0 fully saturated rings. The van der Waals surface area contributed by atoms with E-state index in [1.807, 2.05) is 24.4 Å². The lowest BCUT2D eigenvalue weighted by atomic mass is 9.88. The molecule has 94 valence electrons. The molecule has 4 heteroatoms. The zero-order chi connectivity index (χ0) is 12.4. The molecule has 1 unspecified atom stereocenters.